The lowest BCUT2D eigenvalue weighted by Gasteiger charge is -2.36. The van der Waals surface area contributed by atoms with Crippen LogP contribution in [0.5, 0.6) is 5.75 Å². The minimum Gasteiger partial charge on any atom is -0.497 e. The second-order valence-electron chi connectivity index (χ2n) is 7.35. The van der Waals surface area contributed by atoms with Gasteiger partial charge in [0.2, 0.25) is 0 Å². The van der Waals surface area contributed by atoms with Gasteiger partial charge in [0, 0.05) is 50.6 Å². The van der Waals surface area contributed by atoms with Gasteiger partial charge in [-0.15, -0.1) is 0 Å². The summed E-state index contributed by atoms with van der Waals surface area (Å²) in [5.74, 6) is 1.13. The van der Waals surface area contributed by atoms with Gasteiger partial charge in [-0.1, -0.05) is 6.07 Å². The molecule has 0 radical (unpaired) electrons. The predicted molar refractivity (Wildman–Crippen MR) is 118 cm³/mol. The number of nitrogens with two attached hydrogens (primary N) is 1. The van der Waals surface area contributed by atoms with E-state index in [1.807, 2.05) is 29.2 Å². The maximum Gasteiger partial charge on any atom is 0.416 e. The molecule has 9 heteroatoms. The molecule has 0 amide bonds. The molecule has 0 aromatic heterocycles. The van der Waals surface area contributed by atoms with Crippen molar-refractivity contribution in [2.75, 3.05) is 56.6 Å². The van der Waals surface area contributed by atoms with Crippen molar-refractivity contribution in [2.24, 2.45) is 10.7 Å². The number of guanidine groups is 1. The van der Waals surface area contributed by atoms with Crippen LogP contribution in [0.15, 0.2) is 53.5 Å². The normalized spacial score (nSPS) is 15.7. The summed E-state index contributed by atoms with van der Waals surface area (Å²) >= 11 is 0. The fourth-order valence-electron chi connectivity index (χ4n) is 3.46. The zero-order valence-corrected chi connectivity index (χ0v) is 17.5. The van der Waals surface area contributed by atoms with Crippen molar-refractivity contribution in [3.63, 3.8) is 0 Å². The van der Waals surface area contributed by atoms with Gasteiger partial charge in [0.15, 0.2) is 5.96 Å². The van der Waals surface area contributed by atoms with Gasteiger partial charge in [-0.25, -0.2) is 0 Å². The van der Waals surface area contributed by atoms with E-state index in [4.69, 9.17) is 10.5 Å². The van der Waals surface area contributed by atoms with Crippen molar-refractivity contribution in [1.82, 2.24) is 4.90 Å². The van der Waals surface area contributed by atoms with E-state index in [1.54, 1.807) is 13.2 Å². The number of piperazine rings is 1. The van der Waals surface area contributed by atoms with Gasteiger partial charge in [-0.05, 0) is 48.9 Å². The Morgan fingerprint density at radius 2 is 1.81 bits per heavy atom. The Balaban J connectivity index is 1.39. The summed E-state index contributed by atoms with van der Waals surface area (Å²) in [5, 5.41) is 3.04. The van der Waals surface area contributed by atoms with Crippen LogP contribution >= 0.6 is 0 Å². The minimum absolute atomic E-state index is 0.361. The number of halogens is 3. The number of aliphatic imine (C=N–C) groups is 1. The van der Waals surface area contributed by atoms with Crippen molar-refractivity contribution < 1.29 is 17.9 Å². The average molecular weight is 435 g/mol. The van der Waals surface area contributed by atoms with E-state index in [-0.39, 0.29) is 0 Å². The predicted octanol–water partition coefficient (Wildman–Crippen LogP) is 3.65. The third-order valence-corrected chi connectivity index (χ3v) is 5.19. The summed E-state index contributed by atoms with van der Waals surface area (Å²) in [6.07, 6.45) is -3.46. The van der Waals surface area contributed by atoms with Crippen molar-refractivity contribution >= 4 is 17.3 Å². The van der Waals surface area contributed by atoms with Crippen LogP contribution in [0.25, 0.3) is 0 Å². The first-order valence-electron chi connectivity index (χ1n) is 10.2. The Kier molecular flexibility index (Phi) is 7.62. The molecule has 0 saturated carbocycles. The maximum absolute atomic E-state index is 12.9. The lowest BCUT2D eigenvalue weighted by Crippen LogP contribution is -2.46. The summed E-state index contributed by atoms with van der Waals surface area (Å²) < 4.78 is 43.9. The number of rotatable bonds is 7. The van der Waals surface area contributed by atoms with Crippen molar-refractivity contribution in [3.05, 3.63) is 54.1 Å². The number of nitrogens with zero attached hydrogens (tertiary/aromatic N) is 3. The van der Waals surface area contributed by atoms with Crippen LogP contribution < -0.4 is 20.7 Å². The smallest absolute Gasteiger partial charge is 0.416 e. The Morgan fingerprint density at radius 3 is 2.45 bits per heavy atom. The SMILES string of the molecule is COc1ccc(NC(N)=NCCCN2CCN(c3cccc(C(F)(F)F)c3)CC2)cc1. The number of ether oxygens (including phenoxy) is 1. The van der Waals surface area contributed by atoms with Gasteiger partial charge < -0.3 is 20.7 Å². The van der Waals surface area contributed by atoms with Crippen LogP contribution in [0.2, 0.25) is 0 Å². The molecule has 0 spiro atoms. The molecule has 2 aromatic carbocycles. The molecule has 0 unspecified atom stereocenters. The molecule has 1 fully saturated rings. The van der Waals surface area contributed by atoms with Crippen LogP contribution in [0, 0.1) is 0 Å². The molecule has 31 heavy (non-hydrogen) atoms. The van der Waals surface area contributed by atoms with Crippen LogP contribution in [0.1, 0.15) is 12.0 Å². The van der Waals surface area contributed by atoms with Gasteiger partial charge in [0.25, 0.3) is 0 Å². The number of benzene rings is 2. The highest BCUT2D eigenvalue weighted by molar-refractivity contribution is 5.92. The Labute approximate surface area is 180 Å². The molecular weight excluding hydrogens is 407 g/mol. The summed E-state index contributed by atoms with van der Waals surface area (Å²) in [6.45, 7) is 4.48. The Hall–Kier alpha value is -2.94. The molecule has 1 aliphatic rings. The first kappa shape index (κ1) is 22.7. The zero-order valence-electron chi connectivity index (χ0n) is 17.5. The van der Waals surface area contributed by atoms with Crippen LogP contribution in [-0.4, -0.2) is 57.2 Å². The van der Waals surface area contributed by atoms with Crippen LogP contribution in [0.4, 0.5) is 24.5 Å². The van der Waals surface area contributed by atoms with Gasteiger partial charge in [-0.3, -0.25) is 9.89 Å². The highest BCUT2D eigenvalue weighted by Gasteiger charge is 2.31. The van der Waals surface area contributed by atoms with E-state index in [9.17, 15) is 13.2 Å². The van der Waals surface area contributed by atoms with Crippen molar-refractivity contribution in [3.8, 4) is 5.75 Å². The third-order valence-electron chi connectivity index (χ3n) is 5.19. The van der Waals surface area contributed by atoms with Crippen LogP contribution in [0.3, 0.4) is 0 Å². The highest BCUT2D eigenvalue weighted by atomic mass is 19.4. The molecule has 2 aromatic rings. The van der Waals surface area contributed by atoms with E-state index < -0.39 is 11.7 Å². The van der Waals surface area contributed by atoms with E-state index in [0.29, 0.717) is 31.3 Å². The molecular formula is C22H28F3N5O. The standard InChI is InChI=1S/C22H28F3N5O/c1-31-20-8-6-18(7-9-20)28-21(26)27-10-3-11-29-12-14-30(15-13-29)19-5-2-4-17(16-19)22(23,24)25/h2,4-9,16H,3,10-15H2,1H3,(H3,26,27,28). The third kappa shape index (κ3) is 6.78. The van der Waals surface area contributed by atoms with Crippen LogP contribution in [-0.2, 0) is 6.18 Å². The second-order valence-corrected chi connectivity index (χ2v) is 7.35. The Bertz CT molecular complexity index is 862. The summed E-state index contributed by atoms with van der Waals surface area (Å²) in [4.78, 5) is 8.65. The van der Waals surface area contributed by atoms with E-state index in [2.05, 4.69) is 15.2 Å². The summed E-state index contributed by atoms with van der Waals surface area (Å²) in [5.41, 5.74) is 6.78. The topological polar surface area (TPSA) is 66.1 Å². The van der Waals surface area contributed by atoms with Gasteiger partial charge in [-0.2, -0.15) is 13.2 Å². The molecule has 6 nitrogen and oxygen atoms in total. The van der Waals surface area contributed by atoms with Gasteiger partial charge in [0.05, 0.1) is 12.7 Å². The molecule has 1 aliphatic heterocycles. The van der Waals surface area contributed by atoms with Crippen molar-refractivity contribution in [1.29, 1.82) is 0 Å². The van der Waals surface area contributed by atoms with Crippen molar-refractivity contribution in [2.45, 2.75) is 12.6 Å². The monoisotopic (exact) mass is 435 g/mol. The molecule has 1 heterocycles. The zero-order chi connectivity index (χ0) is 22.3. The number of alkyl halides is 3. The quantitative estimate of drug-likeness (QED) is 0.395. The molecule has 0 aliphatic carbocycles. The second kappa shape index (κ2) is 10.4. The molecule has 0 bridgehead atoms. The number of nitrogens with one attached hydrogen (secondary N) is 1. The lowest BCUT2D eigenvalue weighted by molar-refractivity contribution is -0.137. The fraction of sp³-hybridized carbons (Fsp3) is 0.409. The number of hydrogen-bond donors (Lipinski definition) is 2. The van der Waals surface area contributed by atoms with Gasteiger partial charge in [0.1, 0.15) is 5.75 Å². The van der Waals surface area contributed by atoms with E-state index >= 15 is 0 Å². The number of anilines is 2. The largest absolute Gasteiger partial charge is 0.497 e. The summed E-state index contributed by atoms with van der Waals surface area (Å²) in [6, 6.07) is 12.9. The summed E-state index contributed by atoms with van der Waals surface area (Å²) in [7, 11) is 1.61. The molecule has 3 rings (SSSR count). The molecule has 168 valence electrons. The molecule has 0 atom stereocenters. The first-order chi connectivity index (χ1) is 14.8. The van der Waals surface area contributed by atoms with E-state index in [0.717, 1.165) is 43.6 Å². The number of hydrogen-bond acceptors (Lipinski definition) is 4. The fourth-order valence-corrected chi connectivity index (χ4v) is 3.46. The number of methoxy groups -OCH3 is 1. The highest BCUT2D eigenvalue weighted by Crippen LogP contribution is 2.31. The average Bonchev–Trinajstić information content (AvgIpc) is 2.77. The molecule has 3 N–H and O–H groups in total. The lowest BCUT2D eigenvalue weighted by atomic mass is 10.1. The molecule has 1 saturated heterocycles. The minimum atomic E-state index is -4.32. The Morgan fingerprint density at radius 1 is 1.10 bits per heavy atom. The first-order valence-corrected chi connectivity index (χ1v) is 10.2. The maximum atomic E-state index is 12.9. The van der Waals surface area contributed by atoms with Gasteiger partial charge >= 0.3 is 6.18 Å². The van der Waals surface area contributed by atoms with E-state index in [1.165, 1.54) is 12.1 Å².